The van der Waals surface area contributed by atoms with E-state index >= 15 is 0 Å². The van der Waals surface area contributed by atoms with Crippen LogP contribution in [0, 0.1) is 0 Å². The van der Waals surface area contributed by atoms with Gasteiger partial charge in [-0.3, -0.25) is 4.90 Å². The molecule has 1 aliphatic heterocycles. The molecule has 24 heavy (non-hydrogen) atoms. The van der Waals surface area contributed by atoms with Crippen molar-refractivity contribution in [2.24, 2.45) is 0 Å². The van der Waals surface area contributed by atoms with E-state index in [-0.39, 0.29) is 12.4 Å². The summed E-state index contributed by atoms with van der Waals surface area (Å²) in [7, 11) is -1.07. The molecule has 5 nitrogen and oxygen atoms in total. The summed E-state index contributed by atoms with van der Waals surface area (Å²) in [5.41, 5.74) is -0.0901. The van der Waals surface area contributed by atoms with Gasteiger partial charge in [-0.25, -0.2) is 0 Å². The molecule has 0 amide bonds. The second-order valence-corrected chi connectivity index (χ2v) is 7.17. The average molecular weight is 358 g/mol. The van der Waals surface area contributed by atoms with Crippen LogP contribution >= 0.6 is 12.4 Å². The fraction of sp³-hybridized carbons (Fsp3) is 0.647. The molecule has 0 aliphatic carbocycles. The minimum atomic E-state index is -1.07. The first-order chi connectivity index (χ1) is 10.7. The highest BCUT2D eigenvalue weighted by Gasteiger charge is 2.39. The molecule has 0 unspecified atom stereocenters. The first-order valence-electron chi connectivity index (χ1n) is 8.16. The van der Waals surface area contributed by atoms with Gasteiger partial charge in [0.2, 0.25) is 0 Å². The normalized spacial score (nSPS) is 16.6. The van der Waals surface area contributed by atoms with E-state index in [4.69, 9.17) is 9.39 Å². The summed E-state index contributed by atoms with van der Waals surface area (Å²) in [6.07, 6.45) is 0. The highest BCUT2D eigenvalue weighted by atomic mass is 35.5. The molecule has 1 heterocycles. The van der Waals surface area contributed by atoms with Crippen molar-refractivity contribution in [2.75, 3.05) is 26.3 Å². The summed E-state index contributed by atoms with van der Waals surface area (Å²) in [4.78, 5) is 2.33. The van der Waals surface area contributed by atoms with Gasteiger partial charge in [-0.05, 0) is 38.7 Å². The largest absolute Gasteiger partial charge is 0.491 e. The third-order valence-corrected chi connectivity index (χ3v) is 4.63. The summed E-state index contributed by atoms with van der Waals surface area (Å²) in [6.45, 7) is 11.1. The van der Waals surface area contributed by atoms with Gasteiger partial charge in [0.1, 0.15) is 0 Å². The summed E-state index contributed by atoms with van der Waals surface area (Å²) in [6, 6.07) is 7.77. The topological polar surface area (TPSA) is 62.2 Å². The van der Waals surface area contributed by atoms with E-state index in [2.05, 4.69) is 4.90 Å². The van der Waals surface area contributed by atoms with Crippen LogP contribution < -0.4 is 5.46 Å². The minimum Gasteiger partial charge on any atom is -0.423 e. The Kier molecular flexibility index (Phi) is 7.72. The molecule has 0 aromatic heterocycles. The van der Waals surface area contributed by atoms with E-state index in [1.54, 1.807) is 27.7 Å². The number of halogens is 1. The molecule has 1 aromatic carbocycles. The average Bonchev–Trinajstić information content (AvgIpc) is 2.47. The molecule has 0 saturated carbocycles. The Hall–Kier alpha value is -0.625. The Morgan fingerprint density at radius 3 is 2.42 bits per heavy atom. The maximum Gasteiger partial charge on any atom is 0.491 e. The number of hydrogen-bond donors (Lipinski definition) is 2. The molecule has 1 fully saturated rings. The van der Waals surface area contributed by atoms with Gasteiger partial charge in [-0.15, -0.1) is 12.4 Å². The highest BCUT2D eigenvalue weighted by Crippen LogP contribution is 2.25. The van der Waals surface area contributed by atoms with Gasteiger partial charge in [0.05, 0.1) is 24.4 Å². The summed E-state index contributed by atoms with van der Waals surface area (Å²) in [5.74, 6) is 0. The Labute approximate surface area is 151 Å². The molecule has 0 bridgehead atoms. The second kappa shape index (κ2) is 8.65. The molecule has 136 valence electrons. The summed E-state index contributed by atoms with van der Waals surface area (Å²) < 4.78 is 11.1. The van der Waals surface area contributed by atoms with Crippen molar-refractivity contribution in [1.82, 2.24) is 4.90 Å². The molecule has 1 aliphatic rings. The van der Waals surface area contributed by atoms with Crippen LogP contribution in [0.4, 0.5) is 0 Å². The first kappa shape index (κ1) is 21.4. The van der Waals surface area contributed by atoms with Gasteiger partial charge in [0.25, 0.3) is 0 Å². The Bertz CT molecular complexity index is 516. The van der Waals surface area contributed by atoms with Crippen molar-refractivity contribution >= 4 is 25.0 Å². The van der Waals surface area contributed by atoms with Crippen LogP contribution in [0.1, 0.15) is 33.3 Å². The summed E-state index contributed by atoms with van der Waals surface area (Å²) >= 11 is 0. The zero-order chi connectivity index (χ0) is 17.1. The predicted molar refractivity (Wildman–Crippen MR) is 98.9 cm³/mol. The van der Waals surface area contributed by atoms with Crippen molar-refractivity contribution in [3.63, 3.8) is 0 Å². The smallest absolute Gasteiger partial charge is 0.423 e. The zero-order valence-electron chi connectivity index (χ0n) is 15.0. The number of ether oxygens (including phenoxy) is 1. The lowest BCUT2D eigenvalue weighted by molar-refractivity contribution is -0.0982. The van der Waals surface area contributed by atoms with Crippen molar-refractivity contribution in [3.05, 3.63) is 29.8 Å². The van der Waals surface area contributed by atoms with Crippen molar-refractivity contribution in [2.45, 2.75) is 45.4 Å². The third kappa shape index (κ3) is 5.72. The molecule has 2 rings (SSSR count). The molecule has 0 spiro atoms. The second-order valence-electron chi connectivity index (χ2n) is 7.17. The predicted octanol–water partition coefficient (Wildman–Crippen LogP) is 1.19. The van der Waals surface area contributed by atoms with Gasteiger partial charge < -0.3 is 19.5 Å². The van der Waals surface area contributed by atoms with Crippen LogP contribution in [0.3, 0.4) is 0 Å². The Morgan fingerprint density at radius 1 is 1.21 bits per heavy atom. The molecular weight excluding hydrogens is 328 g/mol. The summed E-state index contributed by atoms with van der Waals surface area (Å²) in [5, 5.41) is 20.5. The fourth-order valence-corrected chi connectivity index (χ4v) is 2.35. The van der Waals surface area contributed by atoms with Crippen LogP contribution in [0.5, 0.6) is 0 Å². The van der Waals surface area contributed by atoms with Gasteiger partial charge >= 0.3 is 7.12 Å². The van der Waals surface area contributed by atoms with E-state index in [0.29, 0.717) is 5.46 Å². The van der Waals surface area contributed by atoms with Crippen LogP contribution in [0.25, 0.3) is 0 Å². The van der Waals surface area contributed by atoms with E-state index in [0.717, 1.165) is 38.4 Å². The minimum absolute atomic E-state index is 0. The molecule has 0 radical (unpaired) electrons. The molecule has 1 aromatic rings. The lowest BCUT2D eigenvalue weighted by Gasteiger charge is -2.38. The van der Waals surface area contributed by atoms with Gasteiger partial charge in [-0.1, -0.05) is 24.3 Å². The quantitative estimate of drug-likeness (QED) is 0.749. The lowest BCUT2D eigenvalue weighted by atomic mass is 9.76. The highest BCUT2D eigenvalue weighted by molar-refractivity contribution is 6.60. The number of morpholine rings is 1. The molecule has 1 saturated heterocycles. The zero-order valence-corrected chi connectivity index (χ0v) is 15.8. The molecule has 7 heteroatoms. The monoisotopic (exact) mass is 357 g/mol. The van der Waals surface area contributed by atoms with Gasteiger partial charge in [0, 0.05) is 19.6 Å². The maximum atomic E-state index is 10.4. The van der Waals surface area contributed by atoms with E-state index < -0.39 is 18.3 Å². The van der Waals surface area contributed by atoms with Crippen molar-refractivity contribution in [3.8, 4) is 0 Å². The SMILES string of the molecule is CC(C)(O)C(C)(C)OB(O)c1cccc(CN2CCOCC2)c1.Cl. The third-order valence-electron chi connectivity index (χ3n) is 4.63. The van der Waals surface area contributed by atoms with E-state index in [1.807, 2.05) is 24.3 Å². The number of nitrogens with zero attached hydrogens (tertiary/aromatic N) is 1. The van der Waals surface area contributed by atoms with Gasteiger partial charge in [-0.2, -0.15) is 0 Å². The van der Waals surface area contributed by atoms with Crippen LogP contribution in [-0.4, -0.2) is 59.7 Å². The van der Waals surface area contributed by atoms with Gasteiger partial charge in [0.15, 0.2) is 0 Å². The number of hydrogen-bond acceptors (Lipinski definition) is 5. The number of rotatable bonds is 6. The van der Waals surface area contributed by atoms with E-state index in [9.17, 15) is 10.1 Å². The lowest BCUT2D eigenvalue weighted by Crippen LogP contribution is -2.53. The fourth-order valence-electron chi connectivity index (χ4n) is 2.35. The van der Waals surface area contributed by atoms with Crippen molar-refractivity contribution < 1.29 is 19.5 Å². The standard InChI is InChI=1S/C17H28BNO4.ClH/c1-16(2,20)17(3,4)23-18(21)15-7-5-6-14(12-15)13-19-8-10-22-11-9-19;/h5-7,12,20-21H,8-11,13H2,1-4H3;1H. The number of benzene rings is 1. The molecule has 0 atom stereocenters. The van der Waals surface area contributed by atoms with Crippen molar-refractivity contribution in [1.29, 1.82) is 0 Å². The molecular formula is C17H29BClNO4. The van der Waals surface area contributed by atoms with Crippen LogP contribution in [0.2, 0.25) is 0 Å². The molecule has 2 N–H and O–H groups in total. The maximum absolute atomic E-state index is 10.4. The Morgan fingerprint density at radius 2 is 1.83 bits per heavy atom. The number of aliphatic hydroxyl groups is 1. The van der Waals surface area contributed by atoms with E-state index in [1.165, 1.54) is 0 Å². The first-order valence-corrected chi connectivity index (χ1v) is 8.16. The van der Waals surface area contributed by atoms with Crippen LogP contribution in [-0.2, 0) is 15.9 Å². The van der Waals surface area contributed by atoms with Crippen LogP contribution in [0.15, 0.2) is 24.3 Å². The Balaban J connectivity index is 0.00000288.